The summed E-state index contributed by atoms with van der Waals surface area (Å²) in [6.45, 7) is 1.84. The highest BCUT2D eigenvalue weighted by atomic mass is 16.2. The Morgan fingerprint density at radius 1 is 1.12 bits per heavy atom. The van der Waals surface area contributed by atoms with Crippen LogP contribution in [0, 0.1) is 11.3 Å². The Hall–Kier alpha value is -2.39. The van der Waals surface area contributed by atoms with Gasteiger partial charge in [0.2, 0.25) is 0 Å². The largest absolute Gasteiger partial charge is 0.344 e. The summed E-state index contributed by atoms with van der Waals surface area (Å²) in [6.07, 6.45) is 6.33. The second-order valence-corrected chi connectivity index (χ2v) is 6.88. The number of anilines is 1. The number of hydrogen-bond acceptors (Lipinski definition) is 4. The van der Waals surface area contributed by atoms with Crippen molar-refractivity contribution in [3.05, 3.63) is 29.8 Å². The van der Waals surface area contributed by atoms with E-state index in [0.717, 1.165) is 25.1 Å². The zero-order valence-electron chi connectivity index (χ0n) is 14.3. The van der Waals surface area contributed by atoms with Crippen LogP contribution in [0.3, 0.4) is 0 Å². The molecule has 1 aliphatic carbocycles. The number of hydrogen-bond donors (Lipinski definition) is 2. The molecule has 2 aliphatic rings. The molecule has 25 heavy (non-hydrogen) atoms. The van der Waals surface area contributed by atoms with Crippen molar-refractivity contribution in [1.29, 1.82) is 5.26 Å². The van der Waals surface area contributed by atoms with E-state index in [-0.39, 0.29) is 6.04 Å². The lowest BCUT2D eigenvalue weighted by Crippen LogP contribution is -2.43. The van der Waals surface area contributed by atoms with Crippen LogP contribution in [-0.2, 0) is 16.0 Å². The summed E-state index contributed by atoms with van der Waals surface area (Å²) in [6, 6.07) is 9.73. The smallest absolute Gasteiger partial charge is 0.313 e. The van der Waals surface area contributed by atoms with Crippen molar-refractivity contribution in [2.24, 2.45) is 0 Å². The van der Waals surface area contributed by atoms with E-state index in [9.17, 15) is 9.59 Å². The lowest BCUT2D eigenvalue weighted by Gasteiger charge is -2.23. The molecule has 0 spiro atoms. The first-order valence-corrected chi connectivity index (χ1v) is 8.97. The number of carbonyl (C=O) groups is 2. The van der Waals surface area contributed by atoms with Crippen LogP contribution in [0.15, 0.2) is 24.3 Å². The Kier molecular flexibility index (Phi) is 5.67. The minimum absolute atomic E-state index is 0.0526. The standard InChI is InChI=1S/C19H24N4O2/c20-11-9-14-5-7-15(8-6-14)21-18(24)19(25)22-16-10-12-23(13-16)17-3-1-2-4-17/h5-8,16-17H,1-4,9-10,12-13H2,(H,21,24)(H,22,25). The van der Waals surface area contributed by atoms with Crippen molar-refractivity contribution >= 4 is 17.5 Å². The Morgan fingerprint density at radius 3 is 2.52 bits per heavy atom. The second-order valence-electron chi connectivity index (χ2n) is 6.88. The van der Waals surface area contributed by atoms with Gasteiger partial charge in [-0.05, 0) is 37.0 Å². The monoisotopic (exact) mass is 340 g/mol. The molecule has 3 rings (SSSR count). The molecule has 2 N–H and O–H groups in total. The van der Waals surface area contributed by atoms with Gasteiger partial charge < -0.3 is 10.6 Å². The molecule has 1 saturated carbocycles. The molecule has 1 aromatic carbocycles. The molecule has 132 valence electrons. The van der Waals surface area contributed by atoms with E-state index < -0.39 is 11.8 Å². The van der Waals surface area contributed by atoms with Gasteiger partial charge in [0, 0.05) is 30.9 Å². The van der Waals surface area contributed by atoms with E-state index >= 15 is 0 Å². The molecule has 6 nitrogen and oxygen atoms in total. The molecule has 0 bridgehead atoms. The average molecular weight is 340 g/mol. The van der Waals surface area contributed by atoms with Crippen LogP contribution in [-0.4, -0.2) is 41.9 Å². The van der Waals surface area contributed by atoms with E-state index in [1.807, 2.05) is 0 Å². The molecule has 6 heteroatoms. The molecule has 0 radical (unpaired) electrons. The number of benzene rings is 1. The summed E-state index contributed by atoms with van der Waals surface area (Å²) in [5.41, 5.74) is 1.43. The number of nitrogens with one attached hydrogen (secondary N) is 2. The van der Waals surface area contributed by atoms with Gasteiger partial charge in [0.25, 0.3) is 0 Å². The summed E-state index contributed by atoms with van der Waals surface area (Å²) in [5, 5.41) is 14.1. The fourth-order valence-corrected chi connectivity index (χ4v) is 3.74. The lowest BCUT2D eigenvalue weighted by atomic mass is 10.1. The van der Waals surface area contributed by atoms with Crippen molar-refractivity contribution < 1.29 is 9.59 Å². The van der Waals surface area contributed by atoms with Crippen molar-refractivity contribution in [3.8, 4) is 6.07 Å². The van der Waals surface area contributed by atoms with Gasteiger partial charge in [-0.1, -0.05) is 25.0 Å². The topological polar surface area (TPSA) is 85.2 Å². The maximum atomic E-state index is 12.1. The Morgan fingerprint density at radius 2 is 1.84 bits per heavy atom. The normalized spacial score (nSPS) is 21.0. The van der Waals surface area contributed by atoms with Crippen molar-refractivity contribution in [2.45, 2.75) is 50.6 Å². The van der Waals surface area contributed by atoms with Crippen LogP contribution in [0.4, 0.5) is 5.69 Å². The molecule has 1 aromatic rings. The van der Waals surface area contributed by atoms with Gasteiger partial charge in [0.05, 0.1) is 12.5 Å². The third kappa shape index (κ3) is 4.58. The van der Waals surface area contributed by atoms with Crippen LogP contribution in [0.25, 0.3) is 0 Å². The average Bonchev–Trinajstić information content (AvgIpc) is 3.28. The van der Waals surface area contributed by atoms with Gasteiger partial charge in [-0.25, -0.2) is 0 Å². The van der Waals surface area contributed by atoms with E-state index in [2.05, 4.69) is 21.6 Å². The van der Waals surface area contributed by atoms with Crippen LogP contribution < -0.4 is 10.6 Å². The Balaban J connectivity index is 1.46. The second kappa shape index (κ2) is 8.13. The Labute approximate surface area is 148 Å². The number of carbonyl (C=O) groups excluding carboxylic acids is 2. The van der Waals surface area contributed by atoms with Crippen molar-refractivity contribution in [3.63, 3.8) is 0 Å². The third-order valence-corrected chi connectivity index (χ3v) is 5.10. The highest BCUT2D eigenvalue weighted by Crippen LogP contribution is 2.26. The zero-order chi connectivity index (χ0) is 17.6. The molecule has 1 unspecified atom stereocenters. The molecular formula is C19H24N4O2. The molecule has 0 aromatic heterocycles. The maximum absolute atomic E-state index is 12.1. The first-order chi connectivity index (χ1) is 12.2. The minimum atomic E-state index is -0.646. The van der Waals surface area contributed by atoms with Gasteiger partial charge in [0.15, 0.2) is 0 Å². The molecule has 2 fully saturated rings. The number of amides is 2. The van der Waals surface area contributed by atoms with E-state index in [4.69, 9.17) is 5.26 Å². The quantitative estimate of drug-likeness (QED) is 0.819. The number of rotatable bonds is 4. The number of nitriles is 1. The summed E-state index contributed by atoms with van der Waals surface area (Å²) < 4.78 is 0. The van der Waals surface area contributed by atoms with Gasteiger partial charge in [-0.3, -0.25) is 14.5 Å². The highest BCUT2D eigenvalue weighted by molar-refractivity contribution is 6.39. The van der Waals surface area contributed by atoms with E-state index in [1.54, 1.807) is 24.3 Å². The molecule has 2 amide bonds. The highest BCUT2D eigenvalue weighted by Gasteiger charge is 2.31. The molecule has 1 saturated heterocycles. The fourth-order valence-electron chi connectivity index (χ4n) is 3.74. The zero-order valence-corrected chi connectivity index (χ0v) is 14.3. The fraction of sp³-hybridized carbons (Fsp3) is 0.526. The van der Waals surface area contributed by atoms with Gasteiger partial charge in [0.1, 0.15) is 0 Å². The first-order valence-electron chi connectivity index (χ1n) is 8.97. The van der Waals surface area contributed by atoms with Crippen LogP contribution in [0.5, 0.6) is 0 Å². The predicted octanol–water partition coefficient (Wildman–Crippen LogP) is 1.82. The van der Waals surface area contributed by atoms with E-state index in [0.29, 0.717) is 18.2 Å². The minimum Gasteiger partial charge on any atom is -0.344 e. The molecular weight excluding hydrogens is 316 g/mol. The van der Waals surface area contributed by atoms with Gasteiger partial charge in [-0.2, -0.15) is 5.26 Å². The molecule has 1 atom stereocenters. The van der Waals surface area contributed by atoms with Gasteiger partial charge in [-0.15, -0.1) is 0 Å². The Bertz CT molecular complexity index is 659. The number of likely N-dealkylation sites (tertiary alicyclic amines) is 1. The maximum Gasteiger partial charge on any atom is 0.313 e. The van der Waals surface area contributed by atoms with Crippen LogP contribution in [0.2, 0.25) is 0 Å². The van der Waals surface area contributed by atoms with Gasteiger partial charge >= 0.3 is 11.8 Å². The van der Waals surface area contributed by atoms with Crippen molar-refractivity contribution in [1.82, 2.24) is 10.2 Å². The molecule has 1 aliphatic heterocycles. The predicted molar refractivity (Wildman–Crippen MR) is 94.8 cm³/mol. The SMILES string of the molecule is N#CCc1ccc(NC(=O)C(=O)NC2CCN(C3CCCC3)C2)cc1. The summed E-state index contributed by atoms with van der Waals surface area (Å²) in [5.74, 6) is -1.23. The number of nitrogens with zero attached hydrogens (tertiary/aromatic N) is 2. The third-order valence-electron chi connectivity index (χ3n) is 5.10. The van der Waals surface area contributed by atoms with Crippen molar-refractivity contribution in [2.75, 3.05) is 18.4 Å². The van der Waals surface area contributed by atoms with E-state index in [1.165, 1.54) is 25.7 Å². The van der Waals surface area contributed by atoms with Crippen LogP contribution in [0.1, 0.15) is 37.7 Å². The first kappa shape index (κ1) is 17.4. The summed E-state index contributed by atoms with van der Waals surface area (Å²) in [4.78, 5) is 26.6. The van der Waals surface area contributed by atoms with Crippen LogP contribution >= 0.6 is 0 Å². The summed E-state index contributed by atoms with van der Waals surface area (Å²) >= 11 is 0. The summed E-state index contributed by atoms with van der Waals surface area (Å²) in [7, 11) is 0. The molecule has 1 heterocycles. The lowest BCUT2D eigenvalue weighted by molar-refractivity contribution is -0.136.